The van der Waals surface area contributed by atoms with Crippen molar-refractivity contribution in [3.63, 3.8) is 0 Å². The van der Waals surface area contributed by atoms with Gasteiger partial charge in [0, 0.05) is 5.92 Å². The summed E-state index contributed by atoms with van der Waals surface area (Å²) in [5.41, 5.74) is -0.892. The van der Waals surface area contributed by atoms with Gasteiger partial charge in [0.25, 0.3) is 5.91 Å². The fourth-order valence-corrected chi connectivity index (χ4v) is 3.65. The number of nitrogens with one attached hydrogen (secondary N) is 2. The molecule has 1 aromatic carbocycles. The van der Waals surface area contributed by atoms with Crippen LogP contribution in [-0.2, 0) is 9.53 Å². The van der Waals surface area contributed by atoms with Crippen molar-refractivity contribution in [2.45, 2.75) is 38.7 Å². The Hall–Kier alpha value is -2.39. The number of alkyl halides is 1. The molecule has 1 aromatic rings. The van der Waals surface area contributed by atoms with E-state index < -0.39 is 36.0 Å². The molecule has 164 valence electrons. The minimum atomic E-state index is -0.970. The number of rotatable bonds is 5. The molecule has 0 aliphatic carbocycles. The highest BCUT2D eigenvalue weighted by atomic mass is 35.5. The van der Waals surface area contributed by atoms with E-state index in [1.165, 1.54) is 7.11 Å². The van der Waals surface area contributed by atoms with Gasteiger partial charge in [0.2, 0.25) is 0 Å². The number of aliphatic hydroxyl groups excluding tert-OH is 1. The largest absolute Gasteiger partial charge is 0.511 e. The number of alkyl carbamates (subject to hydrolysis) is 1. The highest BCUT2D eigenvalue weighted by Gasteiger charge is 2.33. The number of halogens is 2. The standard InChI is InChI=1S/C20H24ClFN2O5S/c1-20(2)9-7-11(8-10-22)15(25)14(17(26)24-19(27)29-20)18(30)23-13-6-4-5-12(21)16(13)28-3/h4-6,11,25H,7-10H2,1-3H3,(H,23,30)(H,24,26,27)/b15-14-. The average molecular weight is 459 g/mol. The number of carbonyl (C=O) groups is 2. The van der Waals surface area contributed by atoms with Gasteiger partial charge in [0.05, 0.1) is 24.5 Å². The fourth-order valence-electron chi connectivity index (χ4n) is 3.09. The maximum Gasteiger partial charge on any atom is 0.414 e. The molecule has 3 N–H and O–H groups in total. The first kappa shape index (κ1) is 23.9. The van der Waals surface area contributed by atoms with Crippen molar-refractivity contribution in [3.05, 3.63) is 34.6 Å². The van der Waals surface area contributed by atoms with Gasteiger partial charge < -0.3 is 19.9 Å². The first-order valence-electron chi connectivity index (χ1n) is 9.27. The normalized spacial score (nSPS) is 22.0. The molecule has 0 spiro atoms. The number of hydrogen-bond acceptors (Lipinski definition) is 6. The Morgan fingerprint density at radius 3 is 2.80 bits per heavy atom. The molecule has 10 heteroatoms. The second-order valence-corrected chi connectivity index (χ2v) is 8.17. The zero-order chi connectivity index (χ0) is 22.5. The summed E-state index contributed by atoms with van der Waals surface area (Å²) in [6.07, 6.45) is -0.354. The van der Waals surface area contributed by atoms with Gasteiger partial charge in [0.15, 0.2) is 5.75 Å². The molecule has 0 fully saturated rings. The van der Waals surface area contributed by atoms with Gasteiger partial charge in [-0.1, -0.05) is 29.9 Å². The number of imide groups is 1. The number of benzene rings is 1. The third-order valence-electron chi connectivity index (χ3n) is 4.65. The maximum absolute atomic E-state index is 13.1. The summed E-state index contributed by atoms with van der Waals surface area (Å²) in [5, 5.41) is 16.0. The average Bonchev–Trinajstić information content (AvgIpc) is 2.64. The number of para-hydroxylation sites is 1. The highest BCUT2D eigenvalue weighted by molar-refractivity contribution is 7.81. The first-order chi connectivity index (χ1) is 14.1. The van der Waals surface area contributed by atoms with E-state index in [0.29, 0.717) is 17.1 Å². The molecule has 1 aliphatic heterocycles. The lowest BCUT2D eigenvalue weighted by Crippen LogP contribution is -2.42. The van der Waals surface area contributed by atoms with E-state index in [9.17, 15) is 19.1 Å². The van der Waals surface area contributed by atoms with E-state index in [2.05, 4.69) is 10.6 Å². The summed E-state index contributed by atoms with van der Waals surface area (Å²) in [4.78, 5) is 24.7. The smallest absolute Gasteiger partial charge is 0.414 e. The Labute approximate surface area is 184 Å². The lowest BCUT2D eigenvalue weighted by molar-refractivity contribution is -0.117. The summed E-state index contributed by atoms with van der Waals surface area (Å²) >= 11 is 11.4. The zero-order valence-corrected chi connectivity index (χ0v) is 18.5. The number of amides is 2. The second-order valence-electron chi connectivity index (χ2n) is 7.35. The van der Waals surface area contributed by atoms with Crippen LogP contribution < -0.4 is 15.4 Å². The summed E-state index contributed by atoms with van der Waals surface area (Å²) in [6, 6.07) is 4.86. The fraction of sp³-hybridized carbons (Fsp3) is 0.450. The Bertz CT molecular complexity index is 875. The number of ether oxygens (including phenoxy) is 2. The van der Waals surface area contributed by atoms with E-state index in [-0.39, 0.29) is 29.2 Å². The number of cyclic esters (lactones) is 1. The summed E-state index contributed by atoms with van der Waals surface area (Å²) < 4.78 is 23.7. The van der Waals surface area contributed by atoms with Gasteiger partial charge in [-0.25, -0.2) is 4.79 Å². The summed E-state index contributed by atoms with van der Waals surface area (Å²) in [5.74, 6) is -1.76. The predicted molar refractivity (Wildman–Crippen MR) is 116 cm³/mol. The molecule has 0 saturated carbocycles. The van der Waals surface area contributed by atoms with Gasteiger partial charge in [0.1, 0.15) is 21.9 Å². The Balaban J connectivity index is 2.47. The summed E-state index contributed by atoms with van der Waals surface area (Å²) in [7, 11) is 1.41. The number of hydrogen-bond donors (Lipinski definition) is 3. The van der Waals surface area contributed by atoms with E-state index >= 15 is 0 Å². The summed E-state index contributed by atoms with van der Waals surface area (Å²) in [6.45, 7) is 2.64. The zero-order valence-electron chi connectivity index (χ0n) is 16.9. The van der Waals surface area contributed by atoms with Gasteiger partial charge >= 0.3 is 6.09 Å². The number of methoxy groups -OCH3 is 1. The molecule has 1 atom stereocenters. The quantitative estimate of drug-likeness (QED) is 0.550. The Morgan fingerprint density at radius 2 is 2.17 bits per heavy atom. The second kappa shape index (κ2) is 10.1. The topological polar surface area (TPSA) is 96.9 Å². The number of allylic oxidation sites excluding steroid dienone is 1. The van der Waals surface area contributed by atoms with Crippen molar-refractivity contribution in [2.75, 3.05) is 19.1 Å². The van der Waals surface area contributed by atoms with Gasteiger partial charge in [-0.2, -0.15) is 0 Å². The van der Waals surface area contributed by atoms with Crippen molar-refractivity contribution in [1.82, 2.24) is 5.32 Å². The highest BCUT2D eigenvalue weighted by Crippen LogP contribution is 2.34. The van der Waals surface area contributed by atoms with Crippen LogP contribution in [0.15, 0.2) is 29.5 Å². The van der Waals surface area contributed by atoms with E-state index in [1.54, 1.807) is 32.0 Å². The monoisotopic (exact) mass is 458 g/mol. The van der Waals surface area contributed by atoms with Crippen molar-refractivity contribution in [3.8, 4) is 5.75 Å². The molecular weight excluding hydrogens is 435 g/mol. The van der Waals surface area contributed by atoms with Crippen LogP contribution in [0.5, 0.6) is 5.75 Å². The Kier molecular flexibility index (Phi) is 8.03. The van der Waals surface area contributed by atoms with Crippen LogP contribution in [0.3, 0.4) is 0 Å². The molecule has 0 radical (unpaired) electrons. The van der Waals surface area contributed by atoms with Crippen LogP contribution >= 0.6 is 23.8 Å². The van der Waals surface area contributed by atoms with Crippen molar-refractivity contribution >= 4 is 46.5 Å². The minimum absolute atomic E-state index is 0.0181. The third kappa shape index (κ3) is 5.82. The Morgan fingerprint density at radius 1 is 1.47 bits per heavy atom. The first-order valence-corrected chi connectivity index (χ1v) is 10.1. The van der Waals surface area contributed by atoms with Gasteiger partial charge in [-0.05, 0) is 45.2 Å². The molecular formula is C20H24ClFN2O5S. The predicted octanol–water partition coefficient (Wildman–Crippen LogP) is 4.70. The lowest BCUT2D eigenvalue weighted by atomic mass is 9.89. The molecule has 0 bridgehead atoms. The van der Waals surface area contributed by atoms with E-state index in [1.807, 2.05) is 0 Å². The van der Waals surface area contributed by atoms with Crippen molar-refractivity contribution < 1.29 is 28.6 Å². The molecule has 1 unspecified atom stereocenters. The molecule has 1 aliphatic rings. The molecule has 2 rings (SSSR count). The number of anilines is 1. The molecule has 7 nitrogen and oxygen atoms in total. The number of carbonyl (C=O) groups excluding carboxylic acids is 2. The van der Waals surface area contributed by atoms with Gasteiger partial charge in [-0.15, -0.1) is 0 Å². The van der Waals surface area contributed by atoms with Gasteiger partial charge in [-0.3, -0.25) is 14.5 Å². The van der Waals surface area contributed by atoms with Crippen LogP contribution in [0.2, 0.25) is 5.02 Å². The number of aliphatic hydroxyl groups is 1. The van der Waals surface area contributed by atoms with Crippen molar-refractivity contribution in [1.29, 1.82) is 0 Å². The molecule has 1 heterocycles. The molecule has 2 amide bonds. The van der Waals surface area contributed by atoms with E-state index in [0.717, 1.165) is 0 Å². The number of thiocarbonyl (C=S) groups is 1. The molecule has 0 saturated heterocycles. The third-order valence-corrected chi connectivity index (χ3v) is 5.26. The van der Waals surface area contributed by atoms with Crippen LogP contribution in [0.25, 0.3) is 0 Å². The van der Waals surface area contributed by atoms with Crippen LogP contribution in [0.4, 0.5) is 14.9 Å². The van der Waals surface area contributed by atoms with Crippen LogP contribution in [-0.4, -0.2) is 41.5 Å². The van der Waals surface area contributed by atoms with Crippen LogP contribution in [0.1, 0.15) is 33.1 Å². The maximum atomic E-state index is 13.1. The minimum Gasteiger partial charge on any atom is -0.511 e. The van der Waals surface area contributed by atoms with E-state index in [4.69, 9.17) is 33.3 Å². The lowest BCUT2D eigenvalue weighted by Gasteiger charge is -2.29. The molecule has 30 heavy (non-hydrogen) atoms. The van der Waals surface area contributed by atoms with Crippen molar-refractivity contribution in [2.24, 2.45) is 5.92 Å². The van der Waals surface area contributed by atoms with Crippen LogP contribution in [0, 0.1) is 5.92 Å². The molecule has 0 aromatic heterocycles. The SMILES string of the molecule is COc1c(Cl)cccc1NC(=S)/C1=C(\O)C(CCF)CCC(C)(C)OC(=O)NC1=O.